The number of nitrogens with two attached hydrogens (primary N) is 1. The van der Waals surface area contributed by atoms with E-state index < -0.39 is 5.91 Å². The monoisotopic (exact) mass is 156 g/mol. The highest BCUT2D eigenvalue weighted by molar-refractivity contribution is 5.99. The average molecular weight is 156 g/mol. The molecule has 4 heteroatoms. The largest absolute Gasteiger partial charge is 0.329 e. The molecule has 4 nitrogen and oxygen atoms in total. The fourth-order valence-electron chi connectivity index (χ4n) is 0.662. The van der Waals surface area contributed by atoms with Gasteiger partial charge in [0.2, 0.25) is 5.91 Å². The Bertz CT molecular complexity index is 177. The van der Waals surface area contributed by atoms with Gasteiger partial charge in [-0.25, -0.2) is 0 Å². The van der Waals surface area contributed by atoms with Crippen molar-refractivity contribution in [3.63, 3.8) is 0 Å². The van der Waals surface area contributed by atoms with Crippen LogP contribution in [0.1, 0.15) is 6.92 Å². The Kier molecular flexibility index (Phi) is 4.14. The molecule has 0 bridgehead atoms. The number of amides is 2. The molecule has 0 unspecified atom stereocenters. The standard InChI is InChI=1S/C7H12N2O2/c1-3-7(11)9(5-4-8)6(2)10/h3H,1,4-5,8H2,2H3. The highest BCUT2D eigenvalue weighted by Crippen LogP contribution is 1.90. The zero-order valence-corrected chi connectivity index (χ0v) is 6.54. The molecule has 0 aliphatic carbocycles. The molecule has 2 amide bonds. The van der Waals surface area contributed by atoms with E-state index in [1.54, 1.807) is 0 Å². The first kappa shape index (κ1) is 9.84. The summed E-state index contributed by atoms with van der Waals surface area (Å²) < 4.78 is 0. The van der Waals surface area contributed by atoms with Crippen molar-refractivity contribution in [2.75, 3.05) is 13.1 Å². The minimum absolute atomic E-state index is 0.250. The lowest BCUT2D eigenvalue weighted by Gasteiger charge is -2.15. The Morgan fingerprint density at radius 2 is 2.18 bits per heavy atom. The number of carbonyl (C=O) groups excluding carboxylic acids is 2. The van der Waals surface area contributed by atoms with E-state index in [0.29, 0.717) is 0 Å². The highest BCUT2D eigenvalue weighted by atomic mass is 16.2. The summed E-state index contributed by atoms with van der Waals surface area (Å²) in [4.78, 5) is 22.7. The van der Waals surface area contributed by atoms with E-state index in [2.05, 4.69) is 6.58 Å². The van der Waals surface area contributed by atoms with E-state index >= 15 is 0 Å². The smallest absolute Gasteiger partial charge is 0.252 e. The molecule has 62 valence electrons. The lowest BCUT2D eigenvalue weighted by Crippen LogP contribution is -2.37. The predicted molar refractivity (Wildman–Crippen MR) is 41.6 cm³/mol. The number of hydrogen-bond acceptors (Lipinski definition) is 3. The molecular formula is C7H12N2O2. The molecule has 0 saturated carbocycles. The minimum Gasteiger partial charge on any atom is -0.329 e. The Balaban J connectivity index is 4.20. The fraction of sp³-hybridized carbons (Fsp3) is 0.429. The van der Waals surface area contributed by atoms with Crippen molar-refractivity contribution in [1.29, 1.82) is 0 Å². The topological polar surface area (TPSA) is 63.4 Å². The molecule has 0 aromatic rings. The third-order valence-electron chi connectivity index (χ3n) is 1.17. The van der Waals surface area contributed by atoms with Gasteiger partial charge in [0.15, 0.2) is 0 Å². The third kappa shape index (κ3) is 2.95. The van der Waals surface area contributed by atoms with E-state index in [-0.39, 0.29) is 19.0 Å². The van der Waals surface area contributed by atoms with E-state index in [4.69, 9.17) is 5.73 Å². The molecule has 0 aromatic carbocycles. The quantitative estimate of drug-likeness (QED) is 0.560. The molecule has 0 heterocycles. The Morgan fingerprint density at radius 3 is 2.45 bits per heavy atom. The molecule has 0 saturated heterocycles. The predicted octanol–water partition coefficient (Wildman–Crippen LogP) is -0.494. The van der Waals surface area contributed by atoms with Crippen LogP contribution in [-0.4, -0.2) is 29.8 Å². The van der Waals surface area contributed by atoms with Crippen LogP contribution in [-0.2, 0) is 9.59 Å². The van der Waals surface area contributed by atoms with Crippen LogP contribution >= 0.6 is 0 Å². The number of nitrogens with zero attached hydrogens (tertiary/aromatic N) is 1. The molecule has 2 N–H and O–H groups in total. The van der Waals surface area contributed by atoms with Gasteiger partial charge in [0.05, 0.1) is 0 Å². The van der Waals surface area contributed by atoms with Crippen molar-refractivity contribution in [3.05, 3.63) is 12.7 Å². The summed E-state index contributed by atoms with van der Waals surface area (Å²) in [6.45, 7) is 5.11. The van der Waals surface area contributed by atoms with Gasteiger partial charge in [-0.1, -0.05) is 6.58 Å². The molecule has 0 atom stereocenters. The summed E-state index contributed by atoms with van der Waals surface area (Å²) in [5, 5.41) is 0. The Labute approximate surface area is 65.7 Å². The van der Waals surface area contributed by atoms with Crippen LogP contribution in [0.4, 0.5) is 0 Å². The molecule has 11 heavy (non-hydrogen) atoms. The van der Waals surface area contributed by atoms with E-state index in [9.17, 15) is 9.59 Å². The van der Waals surface area contributed by atoms with Crippen molar-refractivity contribution in [2.24, 2.45) is 5.73 Å². The van der Waals surface area contributed by atoms with Gasteiger partial charge in [-0.15, -0.1) is 0 Å². The number of carbonyl (C=O) groups is 2. The van der Waals surface area contributed by atoms with Crippen molar-refractivity contribution >= 4 is 11.8 Å². The van der Waals surface area contributed by atoms with Crippen LogP contribution in [0.2, 0.25) is 0 Å². The second-order valence-electron chi connectivity index (χ2n) is 2.00. The van der Waals surface area contributed by atoms with Crippen LogP contribution in [0.15, 0.2) is 12.7 Å². The van der Waals surface area contributed by atoms with Crippen LogP contribution in [0.5, 0.6) is 0 Å². The van der Waals surface area contributed by atoms with Crippen LogP contribution in [0.3, 0.4) is 0 Å². The molecule has 0 aliphatic rings. The van der Waals surface area contributed by atoms with Crippen molar-refractivity contribution in [1.82, 2.24) is 4.90 Å². The first-order valence-electron chi connectivity index (χ1n) is 3.28. The zero-order valence-electron chi connectivity index (χ0n) is 6.54. The molecule has 0 aliphatic heterocycles. The van der Waals surface area contributed by atoms with E-state index in [1.165, 1.54) is 6.92 Å². The Hall–Kier alpha value is -1.16. The Morgan fingerprint density at radius 1 is 1.64 bits per heavy atom. The first-order valence-corrected chi connectivity index (χ1v) is 3.28. The third-order valence-corrected chi connectivity index (χ3v) is 1.17. The summed E-state index contributed by atoms with van der Waals surface area (Å²) >= 11 is 0. The van der Waals surface area contributed by atoms with Gasteiger partial charge >= 0.3 is 0 Å². The second-order valence-corrected chi connectivity index (χ2v) is 2.00. The van der Waals surface area contributed by atoms with Crippen LogP contribution in [0.25, 0.3) is 0 Å². The summed E-state index contributed by atoms with van der Waals surface area (Å²) in [6.07, 6.45) is 1.09. The van der Waals surface area contributed by atoms with E-state index in [0.717, 1.165) is 11.0 Å². The van der Waals surface area contributed by atoms with Gasteiger partial charge in [-0.3, -0.25) is 14.5 Å². The lowest BCUT2D eigenvalue weighted by atomic mass is 10.4. The van der Waals surface area contributed by atoms with Gasteiger partial charge < -0.3 is 5.73 Å². The zero-order chi connectivity index (χ0) is 8.85. The summed E-state index contributed by atoms with van der Waals surface area (Å²) in [7, 11) is 0. The van der Waals surface area contributed by atoms with Gasteiger partial charge in [-0.2, -0.15) is 0 Å². The number of hydrogen-bond donors (Lipinski definition) is 1. The van der Waals surface area contributed by atoms with Crippen molar-refractivity contribution in [2.45, 2.75) is 6.92 Å². The maximum absolute atomic E-state index is 10.9. The van der Waals surface area contributed by atoms with E-state index in [1.807, 2.05) is 0 Å². The summed E-state index contributed by atoms with van der Waals surface area (Å²) in [5.74, 6) is -0.705. The molecule has 0 radical (unpaired) electrons. The fourth-order valence-corrected chi connectivity index (χ4v) is 0.662. The molecule has 0 fully saturated rings. The minimum atomic E-state index is -0.400. The highest BCUT2D eigenvalue weighted by Gasteiger charge is 2.12. The summed E-state index contributed by atoms with van der Waals surface area (Å²) in [6, 6.07) is 0. The van der Waals surface area contributed by atoms with Crippen molar-refractivity contribution in [3.8, 4) is 0 Å². The number of imide groups is 1. The van der Waals surface area contributed by atoms with Crippen molar-refractivity contribution < 1.29 is 9.59 Å². The van der Waals surface area contributed by atoms with Crippen LogP contribution < -0.4 is 5.73 Å². The molecule has 0 aromatic heterocycles. The molecule has 0 rings (SSSR count). The molecule has 0 spiro atoms. The average Bonchev–Trinajstić information content (AvgIpc) is 1.98. The van der Waals surface area contributed by atoms with Gasteiger partial charge in [0.1, 0.15) is 0 Å². The van der Waals surface area contributed by atoms with Gasteiger partial charge in [-0.05, 0) is 6.08 Å². The maximum atomic E-state index is 10.9. The van der Waals surface area contributed by atoms with Gasteiger partial charge in [0.25, 0.3) is 5.91 Å². The number of rotatable bonds is 3. The second kappa shape index (κ2) is 4.62. The SMILES string of the molecule is C=CC(=O)N(CCN)C(C)=O. The summed E-state index contributed by atoms with van der Waals surface area (Å²) in [5.41, 5.74) is 5.18. The van der Waals surface area contributed by atoms with Crippen LogP contribution in [0, 0.1) is 0 Å². The normalized spacial score (nSPS) is 8.91. The molecular weight excluding hydrogens is 144 g/mol. The maximum Gasteiger partial charge on any atom is 0.252 e. The first-order chi connectivity index (χ1) is 5.13. The lowest BCUT2D eigenvalue weighted by molar-refractivity contribution is -0.140. The van der Waals surface area contributed by atoms with Gasteiger partial charge in [0, 0.05) is 20.0 Å².